The third-order valence-electron chi connectivity index (χ3n) is 3.20. The quantitative estimate of drug-likeness (QED) is 0.620. The molecule has 2 unspecified atom stereocenters. The van der Waals surface area contributed by atoms with Gasteiger partial charge in [0, 0.05) is 13.6 Å². The topological polar surface area (TPSA) is 129 Å². The van der Waals surface area contributed by atoms with Crippen molar-refractivity contribution in [2.45, 2.75) is 19.0 Å². The van der Waals surface area contributed by atoms with E-state index < -0.39 is 30.0 Å². The number of amides is 3. The fourth-order valence-electron chi connectivity index (χ4n) is 2.09. The summed E-state index contributed by atoms with van der Waals surface area (Å²) in [6.07, 6.45) is 1.49. The first-order valence-corrected chi connectivity index (χ1v) is 6.30. The maximum absolute atomic E-state index is 12.2. The van der Waals surface area contributed by atoms with Crippen molar-refractivity contribution in [1.82, 2.24) is 30.3 Å². The van der Waals surface area contributed by atoms with Crippen LogP contribution in [0.15, 0.2) is 6.33 Å². The highest BCUT2D eigenvalue weighted by Crippen LogP contribution is 2.10. The molecule has 3 N–H and O–H groups in total. The van der Waals surface area contributed by atoms with Crippen molar-refractivity contribution in [3.8, 4) is 0 Å². The summed E-state index contributed by atoms with van der Waals surface area (Å²) >= 11 is 0. The molecule has 1 saturated heterocycles. The molecule has 0 saturated carbocycles. The summed E-state index contributed by atoms with van der Waals surface area (Å²) in [5, 5.41) is 21.7. The Morgan fingerprint density at radius 1 is 1.57 bits per heavy atom. The third-order valence-corrected chi connectivity index (χ3v) is 3.20. The Bertz CT molecular complexity index is 571. The molecule has 10 heteroatoms. The average molecular weight is 296 g/mol. The molecule has 0 radical (unpaired) electrons. The minimum absolute atomic E-state index is 0.111. The van der Waals surface area contributed by atoms with Crippen LogP contribution in [0.4, 0.5) is 4.79 Å². The summed E-state index contributed by atoms with van der Waals surface area (Å²) in [5.41, 5.74) is 0. The molecule has 0 aliphatic carbocycles. The number of carboxylic acid groups (broad SMARTS) is 1. The molecule has 1 aromatic heterocycles. The lowest BCUT2D eigenvalue weighted by Crippen LogP contribution is -2.61. The number of carboxylic acids is 1. The van der Waals surface area contributed by atoms with E-state index in [-0.39, 0.29) is 13.1 Å². The largest absolute Gasteiger partial charge is 0.480 e. The predicted molar refractivity (Wildman–Crippen MR) is 69.1 cm³/mol. The lowest BCUT2D eigenvalue weighted by Gasteiger charge is -2.33. The standard InChI is InChI=1S/C11H16N6O4/c1-6(9-15-13-5-16(9)2)14-11(21)17-4-8(18)12-3-7(17)10(19)20/h5-7H,3-4H2,1-2H3,(H,12,18)(H,14,21)(H,19,20). The SMILES string of the molecule is CC(NC(=O)N1CC(=O)NCC1C(=O)O)c1nncn1C. The second kappa shape index (κ2) is 5.77. The zero-order chi connectivity index (χ0) is 15.6. The van der Waals surface area contributed by atoms with Gasteiger partial charge in [0.05, 0.1) is 6.04 Å². The molecule has 0 bridgehead atoms. The van der Waals surface area contributed by atoms with Crippen molar-refractivity contribution in [2.75, 3.05) is 13.1 Å². The first-order chi connectivity index (χ1) is 9.90. The van der Waals surface area contributed by atoms with Gasteiger partial charge in [-0.25, -0.2) is 9.59 Å². The number of hydrogen-bond acceptors (Lipinski definition) is 5. The molecule has 21 heavy (non-hydrogen) atoms. The van der Waals surface area contributed by atoms with Crippen LogP contribution in [0.1, 0.15) is 18.8 Å². The summed E-state index contributed by atoms with van der Waals surface area (Å²) in [6.45, 7) is 1.29. The number of aryl methyl sites for hydroxylation is 1. The van der Waals surface area contributed by atoms with Gasteiger partial charge in [0.25, 0.3) is 0 Å². The normalized spacial score (nSPS) is 19.8. The van der Waals surface area contributed by atoms with Crippen LogP contribution in [0, 0.1) is 0 Å². The van der Waals surface area contributed by atoms with Gasteiger partial charge in [-0.3, -0.25) is 9.69 Å². The highest BCUT2D eigenvalue weighted by Gasteiger charge is 2.35. The van der Waals surface area contributed by atoms with Crippen LogP contribution in [0.2, 0.25) is 0 Å². The van der Waals surface area contributed by atoms with Gasteiger partial charge in [-0.15, -0.1) is 10.2 Å². The first kappa shape index (κ1) is 14.8. The second-order valence-electron chi connectivity index (χ2n) is 4.76. The molecule has 0 aromatic carbocycles. The summed E-state index contributed by atoms with van der Waals surface area (Å²) in [6, 6.07) is -2.19. The van der Waals surface area contributed by atoms with Gasteiger partial charge in [0.15, 0.2) is 5.82 Å². The van der Waals surface area contributed by atoms with E-state index in [0.717, 1.165) is 4.90 Å². The Balaban J connectivity index is 2.08. The second-order valence-corrected chi connectivity index (χ2v) is 4.76. The van der Waals surface area contributed by atoms with Gasteiger partial charge >= 0.3 is 12.0 Å². The van der Waals surface area contributed by atoms with Crippen LogP contribution in [0.25, 0.3) is 0 Å². The number of aliphatic carboxylic acids is 1. The Morgan fingerprint density at radius 3 is 2.86 bits per heavy atom. The molecule has 0 spiro atoms. The molecule has 1 aliphatic heterocycles. The number of nitrogens with zero attached hydrogens (tertiary/aromatic N) is 4. The van der Waals surface area contributed by atoms with Gasteiger partial charge in [0.1, 0.15) is 18.9 Å². The maximum Gasteiger partial charge on any atom is 0.328 e. The lowest BCUT2D eigenvalue weighted by atomic mass is 10.2. The van der Waals surface area contributed by atoms with Crippen molar-refractivity contribution in [2.24, 2.45) is 7.05 Å². The van der Waals surface area contributed by atoms with Crippen molar-refractivity contribution in [1.29, 1.82) is 0 Å². The highest BCUT2D eigenvalue weighted by molar-refractivity contribution is 5.90. The Morgan fingerprint density at radius 2 is 2.29 bits per heavy atom. The van der Waals surface area contributed by atoms with E-state index in [1.165, 1.54) is 6.33 Å². The summed E-state index contributed by atoms with van der Waals surface area (Å²) < 4.78 is 1.64. The lowest BCUT2D eigenvalue weighted by molar-refractivity contribution is -0.144. The fourth-order valence-corrected chi connectivity index (χ4v) is 2.09. The van der Waals surface area contributed by atoms with Crippen LogP contribution in [-0.4, -0.2) is 61.8 Å². The smallest absolute Gasteiger partial charge is 0.328 e. The number of urea groups is 1. The molecule has 3 amide bonds. The van der Waals surface area contributed by atoms with Gasteiger partial charge in [0.2, 0.25) is 5.91 Å². The Kier molecular flexibility index (Phi) is 4.05. The molecule has 1 aliphatic rings. The van der Waals surface area contributed by atoms with E-state index in [1.54, 1.807) is 18.5 Å². The number of rotatable bonds is 3. The van der Waals surface area contributed by atoms with E-state index in [0.29, 0.717) is 5.82 Å². The summed E-state index contributed by atoms with van der Waals surface area (Å²) in [7, 11) is 1.73. The van der Waals surface area contributed by atoms with E-state index in [1.807, 2.05) is 0 Å². The van der Waals surface area contributed by atoms with E-state index in [2.05, 4.69) is 20.8 Å². The third kappa shape index (κ3) is 3.09. The molecule has 114 valence electrons. The molecular weight excluding hydrogens is 280 g/mol. The van der Waals surface area contributed by atoms with Crippen LogP contribution in [0.3, 0.4) is 0 Å². The van der Waals surface area contributed by atoms with Crippen LogP contribution in [0.5, 0.6) is 0 Å². The van der Waals surface area contributed by atoms with Crippen LogP contribution in [-0.2, 0) is 16.6 Å². The van der Waals surface area contributed by atoms with E-state index >= 15 is 0 Å². The number of nitrogens with one attached hydrogen (secondary N) is 2. The van der Waals surface area contributed by atoms with Crippen molar-refractivity contribution < 1.29 is 19.5 Å². The minimum Gasteiger partial charge on any atom is -0.480 e. The van der Waals surface area contributed by atoms with Crippen molar-refractivity contribution >= 4 is 17.9 Å². The number of aromatic nitrogens is 3. The molecule has 1 aromatic rings. The first-order valence-electron chi connectivity index (χ1n) is 6.30. The maximum atomic E-state index is 12.2. The van der Waals surface area contributed by atoms with E-state index in [4.69, 9.17) is 5.11 Å². The summed E-state index contributed by atoms with van der Waals surface area (Å²) in [4.78, 5) is 35.7. The van der Waals surface area contributed by atoms with E-state index in [9.17, 15) is 14.4 Å². The number of carbonyl (C=O) groups excluding carboxylic acids is 2. The number of hydrogen-bond donors (Lipinski definition) is 3. The molecule has 10 nitrogen and oxygen atoms in total. The predicted octanol–water partition coefficient (Wildman–Crippen LogP) is -1.53. The Labute approximate surface area is 120 Å². The molecule has 2 atom stereocenters. The van der Waals surface area contributed by atoms with Gasteiger partial charge in [-0.05, 0) is 6.92 Å². The molecule has 2 rings (SSSR count). The number of piperazine rings is 1. The molecular formula is C11H16N6O4. The molecule has 1 fully saturated rings. The van der Waals surface area contributed by atoms with Gasteiger partial charge < -0.3 is 20.3 Å². The average Bonchev–Trinajstić information content (AvgIpc) is 2.84. The van der Waals surface area contributed by atoms with Crippen molar-refractivity contribution in [3.05, 3.63) is 12.2 Å². The highest BCUT2D eigenvalue weighted by atomic mass is 16.4. The van der Waals surface area contributed by atoms with Crippen LogP contribution < -0.4 is 10.6 Å². The van der Waals surface area contributed by atoms with Gasteiger partial charge in [-0.2, -0.15) is 0 Å². The van der Waals surface area contributed by atoms with Crippen LogP contribution >= 0.6 is 0 Å². The minimum atomic E-state index is -1.17. The zero-order valence-electron chi connectivity index (χ0n) is 11.6. The monoisotopic (exact) mass is 296 g/mol. The van der Waals surface area contributed by atoms with Crippen molar-refractivity contribution in [3.63, 3.8) is 0 Å². The summed E-state index contributed by atoms with van der Waals surface area (Å²) in [5.74, 6) is -1.04. The fraction of sp³-hybridized carbons (Fsp3) is 0.545. The Hall–Kier alpha value is -2.65. The van der Waals surface area contributed by atoms with Gasteiger partial charge in [-0.1, -0.05) is 0 Å². The number of carbonyl (C=O) groups is 3. The zero-order valence-corrected chi connectivity index (χ0v) is 11.6. The molecule has 2 heterocycles.